The molecule has 0 saturated heterocycles. The third-order valence-corrected chi connectivity index (χ3v) is 4.33. The van der Waals surface area contributed by atoms with Crippen LogP contribution in [0.25, 0.3) is 5.69 Å². The topological polar surface area (TPSA) is 66.8 Å². The zero-order valence-corrected chi connectivity index (χ0v) is 15.5. The van der Waals surface area contributed by atoms with Crippen molar-refractivity contribution in [2.45, 2.75) is 27.7 Å². The molecule has 0 unspecified atom stereocenters. The summed E-state index contributed by atoms with van der Waals surface area (Å²) in [5.74, 6) is 0.571. The van der Waals surface area contributed by atoms with Gasteiger partial charge in [0.25, 0.3) is 0 Å². The molecule has 138 valence electrons. The second kappa shape index (κ2) is 7.23. The molecule has 2 heterocycles. The van der Waals surface area contributed by atoms with E-state index in [0.29, 0.717) is 24.5 Å². The second-order valence-corrected chi connectivity index (χ2v) is 6.63. The summed E-state index contributed by atoms with van der Waals surface area (Å²) in [5, 5.41) is 0. The molecule has 0 radical (unpaired) electrons. The van der Waals surface area contributed by atoms with E-state index in [-0.39, 0.29) is 24.3 Å². The van der Waals surface area contributed by atoms with Gasteiger partial charge in [-0.15, -0.1) is 0 Å². The van der Waals surface area contributed by atoms with E-state index in [1.54, 1.807) is 13.8 Å². The van der Waals surface area contributed by atoms with Gasteiger partial charge in [0.15, 0.2) is 18.1 Å². The minimum Gasteiger partial charge on any atom is -0.486 e. The van der Waals surface area contributed by atoms with E-state index >= 15 is 0 Å². The van der Waals surface area contributed by atoms with E-state index in [1.165, 1.54) is 0 Å². The van der Waals surface area contributed by atoms with Gasteiger partial charge >= 0.3 is 5.97 Å². The number of ketones is 1. The Hall–Kier alpha value is -2.76. The average Bonchev–Trinajstić information content (AvgIpc) is 2.93. The number of aromatic nitrogens is 1. The quantitative estimate of drug-likeness (QED) is 0.607. The number of fused-ring (bicyclic) bond motifs is 1. The zero-order valence-electron chi connectivity index (χ0n) is 15.5. The third kappa shape index (κ3) is 3.45. The summed E-state index contributed by atoms with van der Waals surface area (Å²) < 4.78 is 18.3. The van der Waals surface area contributed by atoms with Crippen LogP contribution < -0.4 is 9.47 Å². The molecule has 0 saturated carbocycles. The lowest BCUT2D eigenvalue weighted by atomic mass is 10.1. The zero-order chi connectivity index (χ0) is 18.8. The molecule has 6 nitrogen and oxygen atoms in total. The number of aryl methyl sites for hydroxylation is 1. The number of carbonyl (C=O) groups excluding carboxylic acids is 2. The van der Waals surface area contributed by atoms with Crippen LogP contribution in [-0.2, 0) is 9.53 Å². The first-order valence-corrected chi connectivity index (χ1v) is 8.67. The lowest BCUT2D eigenvalue weighted by molar-refractivity contribution is -0.146. The van der Waals surface area contributed by atoms with Crippen LogP contribution in [0.2, 0.25) is 0 Å². The van der Waals surface area contributed by atoms with Crippen LogP contribution in [-0.4, -0.2) is 36.1 Å². The van der Waals surface area contributed by atoms with Gasteiger partial charge < -0.3 is 18.8 Å². The van der Waals surface area contributed by atoms with Gasteiger partial charge in [0.05, 0.1) is 5.92 Å². The number of esters is 1. The van der Waals surface area contributed by atoms with Crippen molar-refractivity contribution < 1.29 is 23.8 Å². The Bertz CT molecular complexity index is 850. The maximum Gasteiger partial charge on any atom is 0.308 e. The Morgan fingerprint density at radius 2 is 1.81 bits per heavy atom. The molecule has 0 aliphatic carbocycles. The van der Waals surface area contributed by atoms with Crippen LogP contribution in [0.15, 0.2) is 24.3 Å². The summed E-state index contributed by atoms with van der Waals surface area (Å²) in [6.45, 7) is 8.10. The smallest absolute Gasteiger partial charge is 0.308 e. The second-order valence-electron chi connectivity index (χ2n) is 6.63. The Labute approximate surface area is 152 Å². The lowest BCUT2D eigenvalue weighted by Gasteiger charge is -2.20. The molecule has 0 bridgehead atoms. The maximum atomic E-state index is 12.5. The largest absolute Gasteiger partial charge is 0.486 e. The summed E-state index contributed by atoms with van der Waals surface area (Å²) in [7, 11) is 0. The predicted octanol–water partition coefficient (Wildman–Crippen LogP) is 3.25. The van der Waals surface area contributed by atoms with Crippen molar-refractivity contribution in [1.29, 1.82) is 0 Å². The summed E-state index contributed by atoms with van der Waals surface area (Å²) in [6, 6.07) is 7.52. The summed E-state index contributed by atoms with van der Waals surface area (Å²) in [6.07, 6.45) is 0. The molecular weight excluding hydrogens is 334 g/mol. The Morgan fingerprint density at radius 1 is 1.12 bits per heavy atom. The minimum atomic E-state index is -0.376. The monoisotopic (exact) mass is 357 g/mol. The summed E-state index contributed by atoms with van der Waals surface area (Å²) >= 11 is 0. The number of hydrogen-bond acceptors (Lipinski definition) is 5. The van der Waals surface area contributed by atoms with E-state index in [0.717, 1.165) is 22.8 Å². The molecular formula is C20H23NO5. The number of rotatable bonds is 5. The number of nitrogens with zero attached hydrogens (tertiary/aromatic N) is 1. The van der Waals surface area contributed by atoms with Crippen molar-refractivity contribution in [2.24, 2.45) is 5.92 Å². The number of Topliss-reactive ketones (excluding diaryl/α,β-unsaturated/α-hetero) is 1. The van der Waals surface area contributed by atoms with Crippen LogP contribution in [0.3, 0.4) is 0 Å². The first kappa shape index (κ1) is 18.0. The van der Waals surface area contributed by atoms with Crippen molar-refractivity contribution in [3.05, 3.63) is 41.2 Å². The SMILES string of the molecule is Cc1cc(C(=O)COC(=O)C(C)C)c(C)n1-c1ccc2c(c1)OCCO2. The molecule has 0 amide bonds. The number of carbonyl (C=O) groups is 2. The van der Waals surface area contributed by atoms with Crippen molar-refractivity contribution in [3.8, 4) is 17.2 Å². The van der Waals surface area contributed by atoms with Crippen molar-refractivity contribution >= 4 is 11.8 Å². The van der Waals surface area contributed by atoms with Gasteiger partial charge in [-0.25, -0.2) is 0 Å². The summed E-state index contributed by atoms with van der Waals surface area (Å²) in [4.78, 5) is 24.1. The fraction of sp³-hybridized carbons (Fsp3) is 0.400. The average molecular weight is 357 g/mol. The van der Waals surface area contributed by atoms with E-state index in [4.69, 9.17) is 14.2 Å². The first-order chi connectivity index (χ1) is 12.4. The molecule has 0 N–H and O–H groups in total. The van der Waals surface area contributed by atoms with E-state index in [9.17, 15) is 9.59 Å². The fourth-order valence-corrected chi connectivity index (χ4v) is 2.99. The van der Waals surface area contributed by atoms with Gasteiger partial charge in [-0.05, 0) is 32.0 Å². The van der Waals surface area contributed by atoms with Crippen molar-refractivity contribution in [2.75, 3.05) is 19.8 Å². The highest BCUT2D eigenvalue weighted by atomic mass is 16.6. The van der Waals surface area contributed by atoms with Crippen LogP contribution in [0.1, 0.15) is 35.6 Å². The highest BCUT2D eigenvalue weighted by molar-refractivity contribution is 5.99. The normalized spacial score (nSPS) is 13.0. The Morgan fingerprint density at radius 3 is 2.50 bits per heavy atom. The predicted molar refractivity (Wildman–Crippen MR) is 96.4 cm³/mol. The maximum absolute atomic E-state index is 12.5. The van der Waals surface area contributed by atoms with E-state index in [2.05, 4.69) is 0 Å². The van der Waals surface area contributed by atoms with Crippen molar-refractivity contribution in [3.63, 3.8) is 0 Å². The van der Waals surface area contributed by atoms with Crippen LogP contribution in [0.5, 0.6) is 11.5 Å². The van der Waals surface area contributed by atoms with E-state index in [1.807, 2.05) is 42.7 Å². The third-order valence-electron chi connectivity index (χ3n) is 4.33. The molecule has 0 fully saturated rings. The minimum absolute atomic E-state index is 0.212. The van der Waals surface area contributed by atoms with Crippen molar-refractivity contribution in [1.82, 2.24) is 4.57 Å². The Kier molecular flexibility index (Phi) is 5.02. The number of benzene rings is 1. The molecule has 1 aromatic carbocycles. The van der Waals surface area contributed by atoms with Crippen LogP contribution >= 0.6 is 0 Å². The van der Waals surface area contributed by atoms with Gasteiger partial charge in [0, 0.05) is 28.7 Å². The molecule has 3 rings (SSSR count). The molecule has 0 atom stereocenters. The molecule has 0 spiro atoms. The molecule has 6 heteroatoms. The van der Waals surface area contributed by atoms with Gasteiger partial charge in [-0.3, -0.25) is 9.59 Å². The standard InChI is InChI=1S/C20H23NO5/c1-12(2)20(23)26-11-17(22)16-9-13(3)21(14(16)4)15-5-6-18-19(10-15)25-8-7-24-18/h5-6,9-10,12H,7-8,11H2,1-4H3. The van der Waals surface area contributed by atoms with Gasteiger partial charge in [0.1, 0.15) is 13.2 Å². The lowest BCUT2D eigenvalue weighted by Crippen LogP contribution is -2.18. The highest BCUT2D eigenvalue weighted by Gasteiger charge is 2.20. The molecule has 26 heavy (non-hydrogen) atoms. The van der Waals surface area contributed by atoms with Crippen LogP contribution in [0, 0.1) is 19.8 Å². The van der Waals surface area contributed by atoms with E-state index < -0.39 is 0 Å². The first-order valence-electron chi connectivity index (χ1n) is 8.67. The molecule has 1 aliphatic heterocycles. The van der Waals surface area contributed by atoms with Gasteiger partial charge in [-0.2, -0.15) is 0 Å². The molecule has 1 aliphatic rings. The number of ether oxygens (including phenoxy) is 3. The Balaban J connectivity index is 1.86. The number of hydrogen-bond donors (Lipinski definition) is 0. The fourth-order valence-electron chi connectivity index (χ4n) is 2.99. The molecule has 2 aromatic rings. The summed E-state index contributed by atoms with van der Waals surface area (Å²) in [5.41, 5.74) is 3.15. The van der Waals surface area contributed by atoms with Gasteiger partial charge in [-0.1, -0.05) is 13.8 Å². The molecule has 1 aromatic heterocycles. The highest BCUT2D eigenvalue weighted by Crippen LogP contribution is 2.33. The van der Waals surface area contributed by atoms with Crippen LogP contribution in [0.4, 0.5) is 0 Å². The van der Waals surface area contributed by atoms with Gasteiger partial charge in [0.2, 0.25) is 5.78 Å².